The highest BCUT2D eigenvalue weighted by Gasteiger charge is 1.93. The van der Waals surface area contributed by atoms with Crippen molar-refractivity contribution in [2.75, 3.05) is 0 Å². The summed E-state index contributed by atoms with van der Waals surface area (Å²) in [6, 6.07) is 12.2. The minimum absolute atomic E-state index is 0.968. The van der Waals surface area contributed by atoms with Crippen LogP contribution in [0.5, 0.6) is 0 Å². The maximum absolute atomic E-state index is 4.45. The summed E-state index contributed by atoms with van der Waals surface area (Å²) in [5.74, 6) is 0. The molecule has 64 valence electrons. The van der Waals surface area contributed by atoms with Gasteiger partial charge < -0.3 is 0 Å². The minimum Gasteiger partial charge on any atom is -0.248 e. The van der Waals surface area contributed by atoms with E-state index in [-0.39, 0.29) is 0 Å². The highest BCUT2D eigenvalue weighted by Crippen LogP contribution is 2.12. The molecule has 2 rings (SSSR count). The summed E-state index contributed by atoms with van der Waals surface area (Å²) < 4.78 is 0. The van der Waals surface area contributed by atoms with Crippen LogP contribution in [0.25, 0.3) is 17.0 Å². The zero-order valence-corrected chi connectivity index (χ0v) is 8.53. The minimum atomic E-state index is 0.968. The molecule has 2 heteroatoms. The van der Waals surface area contributed by atoms with E-state index in [1.165, 1.54) is 5.39 Å². The van der Waals surface area contributed by atoms with E-state index in [4.69, 9.17) is 0 Å². The number of halogens is 1. The molecule has 0 spiro atoms. The van der Waals surface area contributed by atoms with E-state index in [0.717, 1.165) is 11.2 Å². The molecule has 0 amide bonds. The van der Waals surface area contributed by atoms with Crippen molar-refractivity contribution >= 4 is 32.9 Å². The Morgan fingerprint density at radius 1 is 1.08 bits per heavy atom. The van der Waals surface area contributed by atoms with Crippen LogP contribution in [0, 0.1) is 0 Å². The zero-order valence-electron chi connectivity index (χ0n) is 6.94. The van der Waals surface area contributed by atoms with Gasteiger partial charge >= 0.3 is 0 Å². The van der Waals surface area contributed by atoms with Crippen LogP contribution in [-0.4, -0.2) is 4.98 Å². The first kappa shape index (κ1) is 8.45. The summed E-state index contributed by atoms with van der Waals surface area (Å²) in [6.07, 6.45) is 1.92. The van der Waals surface area contributed by atoms with Gasteiger partial charge in [0.05, 0.1) is 11.2 Å². The molecule has 0 bridgehead atoms. The lowest BCUT2D eigenvalue weighted by Gasteiger charge is -1.97. The molecule has 0 N–H and O–H groups in total. The third kappa shape index (κ3) is 1.78. The van der Waals surface area contributed by atoms with Crippen molar-refractivity contribution in [1.29, 1.82) is 0 Å². The van der Waals surface area contributed by atoms with Gasteiger partial charge in [0.25, 0.3) is 0 Å². The Morgan fingerprint density at radius 2 is 1.92 bits per heavy atom. The Hall–Kier alpha value is -1.15. The molecule has 13 heavy (non-hydrogen) atoms. The van der Waals surface area contributed by atoms with Crippen LogP contribution < -0.4 is 0 Å². The molecule has 0 aliphatic heterocycles. The van der Waals surface area contributed by atoms with Crippen molar-refractivity contribution in [2.45, 2.75) is 0 Å². The van der Waals surface area contributed by atoms with Gasteiger partial charge in [0.1, 0.15) is 0 Å². The van der Waals surface area contributed by atoms with E-state index in [1.807, 2.05) is 35.3 Å². The Labute approximate surface area is 85.2 Å². The number of para-hydroxylation sites is 1. The summed E-state index contributed by atoms with van der Waals surface area (Å²) in [5, 5.41) is 1.18. The quantitative estimate of drug-likeness (QED) is 0.734. The first-order valence-corrected chi connectivity index (χ1v) is 4.94. The Bertz CT molecular complexity index is 449. The smallest absolute Gasteiger partial charge is 0.0709 e. The molecule has 0 unspecified atom stereocenters. The predicted molar refractivity (Wildman–Crippen MR) is 59.7 cm³/mol. The number of aromatic nitrogens is 1. The standard InChI is InChI=1S/C11H8BrN/c12-8-7-10-6-5-9-3-1-2-4-11(9)13-10/h1-8H/b8-7-. The maximum atomic E-state index is 4.45. The van der Waals surface area contributed by atoms with Crippen LogP contribution in [0.15, 0.2) is 41.4 Å². The lowest BCUT2D eigenvalue weighted by Crippen LogP contribution is -1.81. The van der Waals surface area contributed by atoms with Gasteiger partial charge in [0.15, 0.2) is 0 Å². The van der Waals surface area contributed by atoms with Gasteiger partial charge in [-0.3, -0.25) is 0 Å². The SMILES string of the molecule is Br/C=C\c1ccc2ccccc2n1. The number of fused-ring (bicyclic) bond motifs is 1. The second kappa shape index (κ2) is 3.71. The Morgan fingerprint density at radius 3 is 2.77 bits per heavy atom. The first-order valence-electron chi connectivity index (χ1n) is 4.03. The lowest BCUT2D eigenvalue weighted by atomic mass is 10.2. The average Bonchev–Trinajstić information content (AvgIpc) is 2.18. The van der Waals surface area contributed by atoms with E-state index in [2.05, 4.69) is 33.0 Å². The van der Waals surface area contributed by atoms with Crippen LogP contribution in [0.2, 0.25) is 0 Å². The third-order valence-corrected chi connectivity index (χ3v) is 2.12. The second-order valence-corrected chi connectivity index (χ2v) is 3.25. The van der Waals surface area contributed by atoms with E-state index in [9.17, 15) is 0 Å². The summed E-state index contributed by atoms with van der Waals surface area (Å²) in [7, 11) is 0. The van der Waals surface area contributed by atoms with Crippen molar-refractivity contribution in [1.82, 2.24) is 4.98 Å². The highest BCUT2D eigenvalue weighted by atomic mass is 79.9. The molecule has 2 aromatic rings. The van der Waals surface area contributed by atoms with Crippen molar-refractivity contribution in [3.05, 3.63) is 47.1 Å². The van der Waals surface area contributed by atoms with E-state index in [0.29, 0.717) is 0 Å². The number of hydrogen-bond donors (Lipinski definition) is 0. The summed E-state index contributed by atoms with van der Waals surface area (Å²) >= 11 is 3.23. The lowest BCUT2D eigenvalue weighted by molar-refractivity contribution is 1.37. The molecular weight excluding hydrogens is 226 g/mol. The van der Waals surface area contributed by atoms with Crippen LogP contribution in [0.3, 0.4) is 0 Å². The molecule has 1 nitrogen and oxygen atoms in total. The maximum Gasteiger partial charge on any atom is 0.0709 e. The number of rotatable bonds is 1. The number of benzene rings is 1. The van der Waals surface area contributed by atoms with Crippen LogP contribution in [0.4, 0.5) is 0 Å². The fraction of sp³-hybridized carbons (Fsp3) is 0. The molecular formula is C11H8BrN. The zero-order chi connectivity index (χ0) is 9.10. The topological polar surface area (TPSA) is 12.9 Å². The van der Waals surface area contributed by atoms with Crippen molar-refractivity contribution in [3.8, 4) is 0 Å². The molecule has 0 saturated heterocycles. The van der Waals surface area contributed by atoms with Gasteiger partial charge in [0.2, 0.25) is 0 Å². The molecule has 1 aromatic heterocycles. The summed E-state index contributed by atoms with van der Waals surface area (Å²) in [4.78, 5) is 6.26. The summed E-state index contributed by atoms with van der Waals surface area (Å²) in [6.45, 7) is 0. The monoisotopic (exact) mass is 233 g/mol. The fourth-order valence-corrected chi connectivity index (χ4v) is 1.51. The van der Waals surface area contributed by atoms with E-state index in [1.54, 1.807) is 0 Å². The molecule has 0 aliphatic rings. The molecule has 0 atom stereocenters. The summed E-state index contributed by atoms with van der Waals surface area (Å²) in [5.41, 5.74) is 2.00. The van der Waals surface area contributed by atoms with Crippen LogP contribution >= 0.6 is 15.9 Å². The Kier molecular flexibility index (Phi) is 2.41. The van der Waals surface area contributed by atoms with Gasteiger partial charge in [0, 0.05) is 5.39 Å². The predicted octanol–water partition coefficient (Wildman–Crippen LogP) is 3.60. The normalized spacial score (nSPS) is 11.2. The number of hydrogen-bond acceptors (Lipinski definition) is 1. The van der Waals surface area contributed by atoms with Gasteiger partial charge in [-0.1, -0.05) is 40.2 Å². The second-order valence-electron chi connectivity index (χ2n) is 2.72. The van der Waals surface area contributed by atoms with Gasteiger partial charge in [-0.25, -0.2) is 4.98 Å². The number of nitrogens with zero attached hydrogens (tertiary/aromatic N) is 1. The van der Waals surface area contributed by atoms with Gasteiger partial charge in [-0.2, -0.15) is 0 Å². The number of pyridine rings is 1. The van der Waals surface area contributed by atoms with E-state index < -0.39 is 0 Å². The fourth-order valence-electron chi connectivity index (χ4n) is 1.24. The largest absolute Gasteiger partial charge is 0.248 e. The molecule has 0 radical (unpaired) electrons. The van der Waals surface area contributed by atoms with Crippen molar-refractivity contribution < 1.29 is 0 Å². The molecule has 0 fully saturated rings. The van der Waals surface area contributed by atoms with Crippen LogP contribution in [0.1, 0.15) is 5.69 Å². The van der Waals surface area contributed by atoms with Gasteiger partial charge in [-0.05, 0) is 23.2 Å². The van der Waals surface area contributed by atoms with Crippen LogP contribution in [-0.2, 0) is 0 Å². The Balaban J connectivity index is 2.62. The van der Waals surface area contributed by atoms with E-state index >= 15 is 0 Å². The molecule has 0 aliphatic carbocycles. The third-order valence-electron chi connectivity index (χ3n) is 1.85. The average molecular weight is 234 g/mol. The molecule has 1 aromatic carbocycles. The molecule has 0 saturated carbocycles. The van der Waals surface area contributed by atoms with Gasteiger partial charge in [-0.15, -0.1) is 0 Å². The van der Waals surface area contributed by atoms with Crippen molar-refractivity contribution in [2.24, 2.45) is 0 Å². The first-order chi connectivity index (χ1) is 6.40. The van der Waals surface area contributed by atoms with Crippen molar-refractivity contribution in [3.63, 3.8) is 0 Å². The highest BCUT2D eigenvalue weighted by molar-refractivity contribution is 9.11. The molecule has 1 heterocycles.